The van der Waals surface area contributed by atoms with Gasteiger partial charge in [0.25, 0.3) is 11.7 Å². The first-order valence-corrected chi connectivity index (χ1v) is 12.2. The van der Waals surface area contributed by atoms with E-state index in [2.05, 4.69) is 25.8 Å². The average Bonchev–Trinajstić information content (AvgIpc) is 3.09. The first-order chi connectivity index (χ1) is 17.1. The number of hydrogen-bond acceptors (Lipinski definition) is 5. The maximum absolute atomic E-state index is 13.3. The summed E-state index contributed by atoms with van der Waals surface area (Å²) in [7, 11) is 0. The maximum atomic E-state index is 13.3. The molecule has 0 bridgehead atoms. The quantitative estimate of drug-likeness (QED) is 0.251. The molecule has 1 atom stereocenters. The molecule has 0 spiro atoms. The number of rotatable bonds is 6. The lowest BCUT2D eigenvalue weighted by Crippen LogP contribution is -2.29. The molecule has 4 rings (SSSR count). The van der Waals surface area contributed by atoms with E-state index in [0.29, 0.717) is 28.5 Å². The Balaban J connectivity index is 1.88. The number of pyridine rings is 1. The number of halogens is 1. The van der Waals surface area contributed by atoms with Crippen LogP contribution < -0.4 is 4.74 Å². The van der Waals surface area contributed by atoms with Crippen LogP contribution in [0.5, 0.6) is 5.75 Å². The van der Waals surface area contributed by atoms with Crippen molar-refractivity contribution in [1.82, 2.24) is 9.88 Å². The van der Waals surface area contributed by atoms with Gasteiger partial charge in [-0.05, 0) is 59.9 Å². The molecule has 186 valence electrons. The number of nitrogens with zero attached hydrogens (tertiary/aromatic N) is 2. The number of aliphatic hydroxyl groups excluding tert-OH is 1. The molecule has 6 nitrogen and oxygen atoms in total. The van der Waals surface area contributed by atoms with Gasteiger partial charge in [-0.1, -0.05) is 50.6 Å². The zero-order valence-corrected chi connectivity index (χ0v) is 21.5. The third-order valence-corrected chi connectivity index (χ3v) is 6.41. The minimum absolute atomic E-state index is 0.0373. The lowest BCUT2D eigenvalue weighted by atomic mass is 9.84. The molecule has 0 aliphatic carbocycles. The van der Waals surface area contributed by atoms with Gasteiger partial charge in [0.1, 0.15) is 11.5 Å². The highest BCUT2D eigenvalue weighted by molar-refractivity contribution is 6.46. The van der Waals surface area contributed by atoms with Crippen molar-refractivity contribution in [2.24, 2.45) is 0 Å². The van der Waals surface area contributed by atoms with Crippen LogP contribution in [0.4, 0.5) is 0 Å². The minimum Gasteiger partial charge on any atom is -0.507 e. The standard InChI is InChI=1S/C29H29ClN2O4/c1-5-36-23-13-10-20(15-22(23)29(2,3)4)26(33)24-25(19-8-11-21(30)12-9-19)32(28(35)27(24)34)17-18-7-6-14-31-16-18/h6-16,25,33H,5,17H2,1-4H3/b26-24-. The zero-order chi connectivity index (χ0) is 26.0. The largest absolute Gasteiger partial charge is 0.507 e. The van der Waals surface area contributed by atoms with Gasteiger partial charge in [-0.2, -0.15) is 0 Å². The number of aromatic nitrogens is 1. The summed E-state index contributed by atoms with van der Waals surface area (Å²) in [6.07, 6.45) is 3.30. The highest BCUT2D eigenvalue weighted by Crippen LogP contribution is 2.42. The number of ketones is 1. The summed E-state index contributed by atoms with van der Waals surface area (Å²) in [6, 6.07) is 15.1. The number of Topliss-reactive ketones (excluding diaryl/α,β-unsaturated/α-hetero) is 1. The number of benzene rings is 2. The first-order valence-electron chi connectivity index (χ1n) is 11.8. The molecule has 2 aromatic carbocycles. The topological polar surface area (TPSA) is 79.7 Å². The second-order valence-electron chi connectivity index (χ2n) is 9.73. The van der Waals surface area contributed by atoms with Crippen molar-refractivity contribution in [3.05, 3.63) is 99.8 Å². The van der Waals surface area contributed by atoms with Crippen molar-refractivity contribution < 1.29 is 19.4 Å². The van der Waals surface area contributed by atoms with E-state index in [1.165, 1.54) is 4.90 Å². The Morgan fingerprint density at radius 3 is 2.44 bits per heavy atom. The summed E-state index contributed by atoms with van der Waals surface area (Å²) in [6.45, 7) is 8.74. The number of hydrogen-bond donors (Lipinski definition) is 1. The van der Waals surface area contributed by atoms with Gasteiger partial charge in [-0.15, -0.1) is 0 Å². The first kappa shape index (κ1) is 25.5. The predicted molar refractivity (Wildman–Crippen MR) is 140 cm³/mol. The number of aliphatic hydroxyl groups is 1. The van der Waals surface area contributed by atoms with Gasteiger partial charge in [0.05, 0.1) is 18.2 Å². The van der Waals surface area contributed by atoms with Gasteiger partial charge in [0, 0.05) is 35.1 Å². The molecule has 1 amide bonds. The van der Waals surface area contributed by atoms with E-state index < -0.39 is 17.7 Å². The van der Waals surface area contributed by atoms with Gasteiger partial charge in [-0.25, -0.2) is 0 Å². The lowest BCUT2D eigenvalue weighted by Gasteiger charge is -2.26. The van der Waals surface area contributed by atoms with Crippen LogP contribution in [-0.2, 0) is 21.5 Å². The van der Waals surface area contributed by atoms with Crippen LogP contribution in [-0.4, -0.2) is 33.3 Å². The Hall–Kier alpha value is -3.64. The predicted octanol–water partition coefficient (Wildman–Crippen LogP) is 6.05. The Morgan fingerprint density at radius 2 is 1.83 bits per heavy atom. The summed E-state index contributed by atoms with van der Waals surface area (Å²) in [4.78, 5) is 32.2. The molecule has 0 radical (unpaired) electrons. The molecule has 1 unspecified atom stereocenters. The van der Waals surface area contributed by atoms with Crippen molar-refractivity contribution in [1.29, 1.82) is 0 Å². The number of amides is 1. The van der Waals surface area contributed by atoms with Crippen molar-refractivity contribution in [3.8, 4) is 5.75 Å². The molecule has 2 heterocycles. The summed E-state index contributed by atoms with van der Waals surface area (Å²) in [5.41, 5.74) is 2.54. The number of ether oxygens (including phenoxy) is 1. The average molecular weight is 505 g/mol. The van der Waals surface area contributed by atoms with Crippen molar-refractivity contribution in [2.45, 2.75) is 45.7 Å². The molecule has 1 N–H and O–H groups in total. The van der Waals surface area contributed by atoms with Gasteiger partial charge in [-0.3, -0.25) is 14.6 Å². The van der Waals surface area contributed by atoms with Gasteiger partial charge < -0.3 is 14.7 Å². The second-order valence-corrected chi connectivity index (χ2v) is 10.2. The summed E-state index contributed by atoms with van der Waals surface area (Å²) < 4.78 is 5.80. The van der Waals surface area contributed by atoms with Gasteiger partial charge in [0.2, 0.25) is 0 Å². The van der Waals surface area contributed by atoms with E-state index in [4.69, 9.17) is 16.3 Å². The fourth-order valence-electron chi connectivity index (χ4n) is 4.42. The highest BCUT2D eigenvalue weighted by atomic mass is 35.5. The van der Waals surface area contributed by atoms with E-state index >= 15 is 0 Å². The van der Waals surface area contributed by atoms with E-state index in [-0.39, 0.29) is 23.3 Å². The van der Waals surface area contributed by atoms with E-state index in [0.717, 1.165) is 11.1 Å². The van der Waals surface area contributed by atoms with Crippen LogP contribution in [0.3, 0.4) is 0 Å². The highest BCUT2D eigenvalue weighted by Gasteiger charge is 2.46. The third kappa shape index (κ3) is 5.00. The SMILES string of the molecule is CCOc1ccc(/C(O)=C2/C(=O)C(=O)N(Cc3cccnc3)C2c2ccc(Cl)cc2)cc1C(C)(C)C. The molecular weight excluding hydrogens is 476 g/mol. The third-order valence-electron chi connectivity index (χ3n) is 6.16. The Labute approximate surface area is 216 Å². The molecule has 7 heteroatoms. The summed E-state index contributed by atoms with van der Waals surface area (Å²) in [5, 5.41) is 12.0. The molecule has 36 heavy (non-hydrogen) atoms. The molecule has 1 aromatic heterocycles. The van der Waals surface area contributed by atoms with Crippen LogP contribution in [0.15, 0.2) is 72.6 Å². The molecule has 1 aliphatic rings. The summed E-state index contributed by atoms with van der Waals surface area (Å²) in [5.74, 6) is -0.923. The van der Waals surface area contributed by atoms with Gasteiger partial charge >= 0.3 is 0 Å². The second kappa shape index (κ2) is 10.2. The maximum Gasteiger partial charge on any atom is 0.295 e. The lowest BCUT2D eigenvalue weighted by molar-refractivity contribution is -0.140. The van der Waals surface area contributed by atoms with Crippen LogP contribution in [0, 0.1) is 0 Å². The summed E-state index contributed by atoms with van der Waals surface area (Å²) >= 11 is 6.11. The van der Waals surface area contributed by atoms with Crippen LogP contribution in [0.1, 0.15) is 56.0 Å². The minimum atomic E-state index is -0.785. The zero-order valence-electron chi connectivity index (χ0n) is 20.8. The van der Waals surface area contributed by atoms with Crippen LogP contribution >= 0.6 is 11.6 Å². The molecular formula is C29H29ClN2O4. The van der Waals surface area contributed by atoms with E-state index in [9.17, 15) is 14.7 Å². The number of carbonyl (C=O) groups is 2. The number of carbonyl (C=O) groups excluding carboxylic acids is 2. The Kier molecular flexibility index (Phi) is 7.18. The van der Waals surface area contributed by atoms with Crippen LogP contribution in [0.25, 0.3) is 5.76 Å². The molecule has 1 aliphatic heterocycles. The van der Waals surface area contributed by atoms with E-state index in [1.807, 2.05) is 19.1 Å². The van der Waals surface area contributed by atoms with Gasteiger partial charge in [0.15, 0.2) is 0 Å². The number of likely N-dealkylation sites (tertiary alicyclic amines) is 1. The normalized spacial score (nSPS) is 17.5. The fourth-order valence-corrected chi connectivity index (χ4v) is 4.55. The Morgan fingerprint density at radius 1 is 1.11 bits per heavy atom. The molecule has 1 saturated heterocycles. The van der Waals surface area contributed by atoms with Crippen LogP contribution in [0.2, 0.25) is 5.02 Å². The Bertz CT molecular complexity index is 1310. The molecule has 0 saturated carbocycles. The monoisotopic (exact) mass is 504 g/mol. The van der Waals surface area contributed by atoms with Crippen molar-refractivity contribution in [3.63, 3.8) is 0 Å². The van der Waals surface area contributed by atoms with Crippen molar-refractivity contribution >= 4 is 29.1 Å². The van der Waals surface area contributed by atoms with E-state index in [1.54, 1.807) is 54.9 Å². The molecule has 3 aromatic rings. The smallest absolute Gasteiger partial charge is 0.295 e. The van der Waals surface area contributed by atoms with Crippen molar-refractivity contribution in [2.75, 3.05) is 6.61 Å². The molecule has 1 fully saturated rings. The fraction of sp³-hybridized carbons (Fsp3) is 0.276.